The summed E-state index contributed by atoms with van der Waals surface area (Å²) in [5, 5.41) is 7.43. The zero-order chi connectivity index (χ0) is 21.7. The lowest BCUT2D eigenvalue weighted by Crippen LogP contribution is -2.54. The lowest BCUT2D eigenvalue weighted by molar-refractivity contribution is -0.0370. The molecule has 1 spiro atoms. The number of fused-ring (bicyclic) bond motifs is 2. The Morgan fingerprint density at radius 3 is 2.55 bits per heavy atom. The first-order valence-electron chi connectivity index (χ1n) is 10.4. The Labute approximate surface area is 182 Å². The molecule has 2 aromatic rings. The van der Waals surface area contributed by atoms with Crippen LogP contribution in [0.3, 0.4) is 0 Å². The van der Waals surface area contributed by atoms with Crippen molar-refractivity contribution < 1.29 is 22.1 Å². The van der Waals surface area contributed by atoms with E-state index in [1.165, 1.54) is 0 Å². The monoisotopic (exact) mass is 452 g/mol. The Morgan fingerprint density at radius 1 is 1.13 bits per heavy atom. The second-order valence-electron chi connectivity index (χ2n) is 8.64. The second-order valence-corrected chi connectivity index (χ2v) is 9.43. The van der Waals surface area contributed by atoms with Crippen LogP contribution in [0.4, 0.5) is 18.0 Å². The minimum atomic E-state index is -4.48. The van der Waals surface area contributed by atoms with Gasteiger partial charge in [0.1, 0.15) is 0 Å². The molecule has 1 aromatic carbocycles. The summed E-state index contributed by atoms with van der Waals surface area (Å²) in [5.74, 6) is -0.0446. The van der Waals surface area contributed by atoms with E-state index < -0.39 is 17.6 Å². The molecule has 1 unspecified atom stereocenters. The minimum Gasteiger partial charge on any atom is -0.395 e. The molecule has 10 heteroatoms. The molecule has 1 saturated heterocycles. The van der Waals surface area contributed by atoms with E-state index in [0.29, 0.717) is 19.6 Å². The molecule has 0 bridgehead atoms. The number of carbonyl (C=O) groups is 1. The van der Waals surface area contributed by atoms with Crippen LogP contribution in [0.5, 0.6) is 5.88 Å². The van der Waals surface area contributed by atoms with E-state index in [0.717, 1.165) is 43.4 Å². The molecule has 1 N–H and O–H groups in total. The van der Waals surface area contributed by atoms with E-state index in [1.54, 1.807) is 10.7 Å². The molecule has 1 aliphatic carbocycles. The van der Waals surface area contributed by atoms with Crippen molar-refractivity contribution in [2.75, 3.05) is 13.1 Å². The van der Waals surface area contributed by atoms with Crippen LogP contribution in [0.15, 0.2) is 36.4 Å². The molecule has 1 saturated carbocycles. The molecule has 2 fully saturated rings. The topological polar surface area (TPSA) is 59.4 Å². The van der Waals surface area contributed by atoms with Crippen molar-refractivity contribution in [3.05, 3.63) is 47.7 Å². The number of aryl methyl sites for hydroxylation is 1. The molecule has 1 atom stereocenters. The minimum absolute atomic E-state index is 0.0446. The number of nitrogens with one attached hydrogen (secondary N) is 1. The number of amides is 2. The molecule has 2 amide bonds. The first-order valence-corrected chi connectivity index (χ1v) is 11.2. The normalized spacial score (nSPS) is 24.2. The van der Waals surface area contributed by atoms with Crippen molar-refractivity contribution >= 4 is 18.1 Å². The van der Waals surface area contributed by atoms with Gasteiger partial charge >= 0.3 is 11.5 Å². The van der Waals surface area contributed by atoms with E-state index in [2.05, 4.69) is 22.5 Å². The van der Waals surface area contributed by atoms with Gasteiger partial charge in [0.15, 0.2) is 12.0 Å². The van der Waals surface area contributed by atoms with Crippen molar-refractivity contribution in [1.82, 2.24) is 20.0 Å². The maximum atomic E-state index is 13.1. The fraction of sp³-hybridized carbons (Fsp3) is 0.524. The fourth-order valence-corrected chi connectivity index (χ4v) is 5.35. The number of nitrogens with zero attached hydrogens (tertiary/aromatic N) is 3. The summed E-state index contributed by atoms with van der Waals surface area (Å²) >= 11 is -0.558. The predicted molar refractivity (Wildman–Crippen MR) is 109 cm³/mol. The number of benzene rings is 1. The first kappa shape index (κ1) is 20.5. The van der Waals surface area contributed by atoms with Gasteiger partial charge in [-0.3, -0.25) is 4.68 Å². The third-order valence-electron chi connectivity index (χ3n) is 6.85. The number of likely N-dealkylation sites (tertiary alicyclic amines) is 1. The summed E-state index contributed by atoms with van der Waals surface area (Å²) < 4.78 is 43.7. The van der Waals surface area contributed by atoms with Crippen molar-refractivity contribution in [1.29, 1.82) is 0 Å². The van der Waals surface area contributed by atoms with Crippen molar-refractivity contribution in [2.45, 2.75) is 55.1 Å². The number of alkyl halides is 3. The fourth-order valence-electron chi connectivity index (χ4n) is 5.09. The Bertz CT molecular complexity index is 977. The number of carbonyl (C=O) groups excluding carboxylic acids is 1. The van der Waals surface area contributed by atoms with Gasteiger partial charge in [0.05, 0.1) is 11.2 Å². The maximum Gasteiger partial charge on any atom is 0.479 e. The Balaban J connectivity index is 1.28. The van der Waals surface area contributed by atoms with E-state index in [-0.39, 0.29) is 22.9 Å². The number of urea groups is 1. The Kier molecular flexibility index (Phi) is 4.87. The van der Waals surface area contributed by atoms with Gasteiger partial charge in [-0.15, -0.1) is 5.10 Å². The molecule has 31 heavy (non-hydrogen) atoms. The van der Waals surface area contributed by atoms with Crippen LogP contribution in [0.1, 0.15) is 43.4 Å². The van der Waals surface area contributed by atoms with Crippen LogP contribution in [0.2, 0.25) is 0 Å². The molecule has 166 valence electrons. The third kappa shape index (κ3) is 3.75. The third-order valence-corrected chi connectivity index (χ3v) is 7.29. The molecule has 3 heterocycles. The highest BCUT2D eigenvalue weighted by Crippen LogP contribution is 2.45. The summed E-state index contributed by atoms with van der Waals surface area (Å²) in [6.45, 7) is 1.75. The molecule has 5 rings (SSSR count). The number of hydrogen-bond donors (Lipinski definition) is 1. The molecular weight excluding hydrogens is 429 g/mol. The zero-order valence-electron chi connectivity index (χ0n) is 16.8. The van der Waals surface area contributed by atoms with Gasteiger partial charge < -0.3 is 14.4 Å². The molecule has 2 aliphatic heterocycles. The molecule has 1 aromatic heterocycles. The van der Waals surface area contributed by atoms with E-state index in [9.17, 15) is 18.0 Å². The van der Waals surface area contributed by atoms with Gasteiger partial charge in [0, 0.05) is 31.1 Å². The van der Waals surface area contributed by atoms with Crippen molar-refractivity contribution in [2.24, 2.45) is 0 Å². The maximum absolute atomic E-state index is 13.1. The van der Waals surface area contributed by atoms with Crippen LogP contribution in [-0.4, -0.2) is 39.3 Å². The van der Waals surface area contributed by atoms with Crippen molar-refractivity contribution in [3.8, 4) is 5.88 Å². The average Bonchev–Trinajstić information content (AvgIpc) is 3.40. The SMILES string of the molecule is O=C(NC1(c2ccccc2)CCC1)N1CCC2(CCn3nc(OSC(F)(F)F)cc32)C1. The second kappa shape index (κ2) is 7.36. The highest BCUT2D eigenvalue weighted by Gasteiger charge is 2.49. The highest BCUT2D eigenvalue weighted by atomic mass is 32.2. The van der Waals surface area contributed by atoms with Gasteiger partial charge in [-0.1, -0.05) is 30.3 Å². The summed E-state index contributed by atoms with van der Waals surface area (Å²) in [5.41, 5.74) is -3.09. The predicted octanol–water partition coefficient (Wildman–Crippen LogP) is 4.57. The van der Waals surface area contributed by atoms with E-state index in [4.69, 9.17) is 4.18 Å². The smallest absolute Gasteiger partial charge is 0.395 e. The van der Waals surface area contributed by atoms with Crippen LogP contribution in [0.25, 0.3) is 0 Å². The first-order chi connectivity index (χ1) is 14.8. The number of rotatable bonds is 4. The van der Waals surface area contributed by atoms with Gasteiger partial charge in [0.25, 0.3) is 0 Å². The lowest BCUT2D eigenvalue weighted by Gasteiger charge is -2.44. The summed E-state index contributed by atoms with van der Waals surface area (Å²) in [7, 11) is 0. The zero-order valence-corrected chi connectivity index (χ0v) is 17.6. The molecule has 6 nitrogen and oxygen atoms in total. The Hall–Kier alpha value is -2.36. The number of hydrogen-bond acceptors (Lipinski definition) is 4. The lowest BCUT2D eigenvalue weighted by atomic mass is 9.72. The standard InChI is InChI=1S/C21H23F3N4O2S/c22-21(23,24)31-30-17-13-16-19(10-12-28(16)26-17)9-11-27(14-19)18(29)25-20(7-4-8-20)15-5-2-1-3-6-15/h1-3,5-6,13H,4,7-12,14H2,(H,25,29). The largest absolute Gasteiger partial charge is 0.479 e. The quantitative estimate of drug-likeness (QED) is 0.691. The van der Waals surface area contributed by atoms with E-state index >= 15 is 0 Å². The van der Waals surface area contributed by atoms with Crippen LogP contribution in [0, 0.1) is 0 Å². The van der Waals surface area contributed by atoms with Gasteiger partial charge in [-0.25, -0.2) is 4.79 Å². The Morgan fingerprint density at radius 2 is 1.87 bits per heavy atom. The molecular formula is C21H23F3N4O2S. The number of halogens is 3. The highest BCUT2D eigenvalue weighted by molar-refractivity contribution is 7.95. The summed E-state index contributed by atoms with van der Waals surface area (Å²) in [6, 6.07) is 11.6. The van der Waals surface area contributed by atoms with Crippen LogP contribution in [-0.2, 0) is 17.5 Å². The average molecular weight is 453 g/mol. The summed E-state index contributed by atoms with van der Waals surface area (Å²) in [4.78, 5) is 15.0. The number of aromatic nitrogens is 2. The van der Waals surface area contributed by atoms with Crippen LogP contribution < -0.4 is 9.50 Å². The van der Waals surface area contributed by atoms with Crippen LogP contribution >= 0.6 is 12.0 Å². The van der Waals surface area contributed by atoms with Gasteiger partial charge in [-0.2, -0.15) is 13.2 Å². The molecule has 3 aliphatic rings. The summed E-state index contributed by atoms with van der Waals surface area (Å²) in [6.07, 6.45) is 4.50. The van der Waals surface area contributed by atoms with Gasteiger partial charge in [-0.05, 0) is 37.7 Å². The van der Waals surface area contributed by atoms with Gasteiger partial charge in [0.2, 0.25) is 5.88 Å². The molecule has 0 radical (unpaired) electrons. The van der Waals surface area contributed by atoms with E-state index in [1.807, 2.05) is 23.1 Å². The van der Waals surface area contributed by atoms with Crippen molar-refractivity contribution in [3.63, 3.8) is 0 Å².